The average molecular weight is 858 g/mol. The Hall–Kier alpha value is -3.83. The van der Waals surface area contributed by atoms with Crippen LogP contribution in [0.15, 0.2) is 103 Å². The molecule has 0 amide bonds. The first-order valence-electron chi connectivity index (χ1n) is 17.8. The fourth-order valence-corrected chi connectivity index (χ4v) is 10.2. The summed E-state index contributed by atoms with van der Waals surface area (Å²) in [5.41, 5.74) is 5.29. The van der Waals surface area contributed by atoms with Crippen molar-refractivity contribution in [1.82, 2.24) is 9.55 Å². The van der Waals surface area contributed by atoms with Crippen LogP contribution < -0.4 is 10.4 Å². The van der Waals surface area contributed by atoms with E-state index in [1.54, 1.807) is 0 Å². The molecule has 1 N–H and O–H groups in total. The molecule has 1 radical (unpaired) electrons. The molecule has 3 heterocycles. The van der Waals surface area contributed by atoms with E-state index in [9.17, 15) is 9.90 Å². The standard InChI is InChI=1S/C29H21N2Si.C15H28O2.Ir/c1-32(2)25-14-8-13-23-27(25)28-24(31(23)21-11-4-3-5-12-21)15-16-30-29(28)22-17-19-9-6-7-10-20(19)18-26(22)32;1-7-14(5,8-2)12(16)11-13(17)15(6,9-3)10-4;/h3-16,18H,1-2H3;11,16H,7-10H2,1-6H3;/q-1;;/b;12-11-;. The molecule has 0 fully saturated rings. The second-order valence-corrected chi connectivity index (χ2v) is 19.0. The maximum absolute atomic E-state index is 12.2. The van der Waals surface area contributed by atoms with Crippen LogP contribution >= 0.6 is 0 Å². The molecule has 0 bridgehead atoms. The van der Waals surface area contributed by atoms with Crippen molar-refractivity contribution in [3.8, 4) is 16.9 Å². The second kappa shape index (κ2) is 14.4. The number of hydrogen-bond donors (Lipinski definition) is 1. The fraction of sp³-hybridized carbons (Fsp3) is 0.318. The Morgan fingerprint density at radius 3 is 2.08 bits per heavy atom. The molecule has 0 atom stereocenters. The molecule has 50 heavy (non-hydrogen) atoms. The zero-order valence-corrected chi connectivity index (χ0v) is 34.0. The zero-order chi connectivity index (χ0) is 35.1. The maximum Gasteiger partial charge on any atom is 0.164 e. The number of pyridine rings is 1. The third-order valence-electron chi connectivity index (χ3n) is 11.7. The minimum atomic E-state index is -2.02. The van der Waals surface area contributed by atoms with Gasteiger partial charge in [-0.05, 0) is 49.9 Å². The molecule has 0 saturated heterocycles. The Morgan fingerprint density at radius 1 is 0.800 bits per heavy atom. The van der Waals surface area contributed by atoms with Gasteiger partial charge in [-0.2, -0.15) is 0 Å². The van der Waals surface area contributed by atoms with Crippen molar-refractivity contribution in [2.45, 2.75) is 80.3 Å². The number of aromatic nitrogens is 2. The van der Waals surface area contributed by atoms with Gasteiger partial charge in [0.2, 0.25) is 0 Å². The van der Waals surface area contributed by atoms with E-state index >= 15 is 0 Å². The maximum atomic E-state index is 12.2. The van der Waals surface area contributed by atoms with E-state index in [4.69, 9.17) is 4.98 Å². The average Bonchev–Trinajstić information content (AvgIpc) is 3.45. The topological polar surface area (TPSA) is 55.1 Å². The predicted molar refractivity (Wildman–Crippen MR) is 210 cm³/mol. The number of benzene rings is 4. The smallest absolute Gasteiger partial charge is 0.164 e. The van der Waals surface area contributed by atoms with Gasteiger partial charge in [-0.25, -0.2) is 0 Å². The first kappa shape index (κ1) is 37.4. The van der Waals surface area contributed by atoms with Crippen LogP contribution in [-0.4, -0.2) is 28.5 Å². The van der Waals surface area contributed by atoms with E-state index in [1.807, 2.05) is 47.7 Å². The van der Waals surface area contributed by atoms with Crippen LogP contribution in [-0.2, 0) is 24.9 Å². The minimum Gasteiger partial charge on any atom is -0.512 e. The quantitative estimate of drug-likeness (QED) is 0.0718. The molecule has 1 aliphatic heterocycles. The number of carbonyl (C=O) groups excluding carboxylic acids is 1. The summed E-state index contributed by atoms with van der Waals surface area (Å²) in [5.74, 6) is 0.286. The molecule has 0 spiro atoms. The Morgan fingerprint density at radius 2 is 1.42 bits per heavy atom. The number of para-hydroxylation sites is 1. The minimum absolute atomic E-state index is 0. The van der Waals surface area contributed by atoms with Gasteiger partial charge in [0.05, 0.1) is 19.1 Å². The summed E-state index contributed by atoms with van der Waals surface area (Å²) < 4.78 is 2.40. The summed E-state index contributed by atoms with van der Waals surface area (Å²) in [6.07, 6.45) is 6.71. The van der Waals surface area contributed by atoms with E-state index in [2.05, 4.69) is 109 Å². The van der Waals surface area contributed by atoms with Gasteiger partial charge in [0, 0.05) is 65.4 Å². The van der Waals surface area contributed by atoms with Gasteiger partial charge in [0.15, 0.2) is 5.78 Å². The third-order valence-corrected chi connectivity index (χ3v) is 15.2. The largest absolute Gasteiger partial charge is 0.512 e. The van der Waals surface area contributed by atoms with Crippen molar-refractivity contribution in [1.29, 1.82) is 0 Å². The number of hydrogen-bond acceptors (Lipinski definition) is 3. The normalized spacial score (nSPS) is 13.8. The van der Waals surface area contributed by atoms with Crippen LogP contribution in [0.1, 0.15) is 67.2 Å². The molecule has 0 unspecified atom stereocenters. The number of fused-ring (bicyclic) bond motifs is 3. The van der Waals surface area contributed by atoms with E-state index < -0.39 is 8.07 Å². The first-order valence-corrected chi connectivity index (χ1v) is 20.8. The van der Waals surface area contributed by atoms with Gasteiger partial charge in [-0.1, -0.05) is 119 Å². The number of carbonyl (C=O) groups is 1. The molecule has 6 heteroatoms. The van der Waals surface area contributed by atoms with Gasteiger partial charge < -0.3 is 9.67 Å². The van der Waals surface area contributed by atoms with Gasteiger partial charge >= 0.3 is 0 Å². The summed E-state index contributed by atoms with van der Waals surface area (Å²) in [7, 11) is -2.02. The molecule has 1 aliphatic rings. The van der Waals surface area contributed by atoms with Crippen molar-refractivity contribution in [3.05, 3.63) is 109 Å². The zero-order valence-electron chi connectivity index (χ0n) is 30.6. The first-order chi connectivity index (χ1) is 23.4. The van der Waals surface area contributed by atoms with Gasteiger partial charge in [-0.15, -0.1) is 28.8 Å². The molecular weight excluding hydrogens is 809 g/mol. The van der Waals surface area contributed by atoms with Crippen molar-refractivity contribution in [3.63, 3.8) is 0 Å². The predicted octanol–water partition coefficient (Wildman–Crippen LogP) is 10.6. The Labute approximate surface area is 312 Å². The second-order valence-electron chi connectivity index (χ2n) is 14.6. The van der Waals surface area contributed by atoms with E-state index in [0.717, 1.165) is 36.8 Å². The summed E-state index contributed by atoms with van der Waals surface area (Å²) in [6, 6.07) is 34.4. The van der Waals surface area contributed by atoms with Crippen LogP contribution in [0.4, 0.5) is 0 Å². The van der Waals surface area contributed by atoms with Crippen molar-refractivity contribution >= 4 is 56.8 Å². The number of nitrogens with zero attached hydrogens (tertiary/aromatic N) is 2. The number of ketones is 1. The monoisotopic (exact) mass is 858 g/mol. The molecule has 261 valence electrons. The van der Waals surface area contributed by atoms with Crippen LogP contribution in [0.25, 0.3) is 49.5 Å². The van der Waals surface area contributed by atoms with Crippen LogP contribution in [0, 0.1) is 16.9 Å². The molecule has 7 rings (SSSR count). The third kappa shape index (κ3) is 6.20. The van der Waals surface area contributed by atoms with Gasteiger partial charge in [0.25, 0.3) is 0 Å². The van der Waals surface area contributed by atoms with Gasteiger partial charge in [-0.3, -0.25) is 9.78 Å². The fourth-order valence-electron chi connectivity index (χ4n) is 7.24. The molecule has 2 aromatic heterocycles. The molecular formula is C44H49IrN2O2Si-. The molecule has 0 aliphatic carbocycles. The van der Waals surface area contributed by atoms with E-state index in [-0.39, 0.29) is 42.5 Å². The molecule has 6 aromatic rings. The summed E-state index contributed by atoms with van der Waals surface area (Å²) in [5, 5.41) is 18.1. The Balaban J connectivity index is 0.000000234. The molecule has 4 aromatic carbocycles. The molecule has 0 saturated carbocycles. The number of aliphatic hydroxyl groups is 1. The molecule has 4 nitrogen and oxygen atoms in total. The van der Waals surface area contributed by atoms with Crippen molar-refractivity contribution < 1.29 is 30.0 Å². The van der Waals surface area contributed by atoms with E-state index in [1.165, 1.54) is 54.9 Å². The SMILES string of the molecule is CCC(C)(CC)C(=O)/C=C(\O)C(C)(CC)CC.C[Si]1(C)c2cc3ccccc3[c-]c2-c2nccc3c2c2c1cccc2n3-c1ccccc1.[Ir]. The number of allylic oxidation sites excluding steroid dienone is 2. The summed E-state index contributed by atoms with van der Waals surface area (Å²) in [6.45, 7) is 17.0. The van der Waals surface area contributed by atoms with E-state index in [0.29, 0.717) is 0 Å². The number of aliphatic hydroxyl groups excluding tert-OH is 1. The van der Waals surface area contributed by atoms with Crippen molar-refractivity contribution in [2.75, 3.05) is 0 Å². The van der Waals surface area contributed by atoms with Crippen molar-refractivity contribution in [2.24, 2.45) is 10.8 Å². The Kier molecular flexibility index (Phi) is 10.8. The van der Waals surface area contributed by atoms with Crippen LogP contribution in [0.3, 0.4) is 0 Å². The summed E-state index contributed by atoms with van der Waals surface area (Å²) >= 11 is 0. The van der Waals surface area contributed by atoms with Crippen LogP contribution in [0.5, 0.6) is 0 Å². The number of rotatable bonds is 8. The summed E-state index contributed by atoms with van der Waals surface area (Å²) in [4.78, 5) is 17.2. The van der Waals surface area contributed by atoms with Gasteiger partial charge in [0.1, 0.15) is 5.76 Å². The Bertz CT molecular complexity index is 2210. The van der Waals surface area contributed by atoms with Crippen LogP contribution in [0.2, 0.25) is 13.1 Å².